The fourth-order valence-corrected chi connectivity index (χ4v) is 1.79. The lowest BCUT2D eigenvalue weighted by Crippen LogP contribution is -2.29. The van der Waals surface area contributed by atoms with E-state index < -0.39 is 0 Å². The molecule has 2 nitrogen and oxygen atoms in total. The summed E-state index contributed by atoms with van der Waals surface area (Å²) in [5.41, 5.74) is 1.34. The Hall–Kier alpha value is -0.570. The number of hydrogen-bond donors (Lipinski definition) is 2. The van der Waals surface area contributed by atoms with E-state index in [1.807, 2.05) is 12.1 Å². The molecule has 0 heterocycles. The minimum atomic E-state index is 0.811. The molecule has 1 aromatic carbocycles. The highest BCUT2D eigenvalue weighted by atomic mass is 35.5. The summed E-state index contributed by atoms with van der Waals surface area (Å²) in [7, 11) is 0. The lowest BCUT2D eigenvalue weighted by molar-refractivity contribution is 0.609. The van der Waals surface area contributed by atoms with Crippen molar-refractivity contribution in [1.82, 2.24) is 10.6 Å². The van der Waals surface area contributed by atoms with Gasteiger partial charge in [0.25, 0.3) is 0 Å². The molecular weight excluding hydrogens is 220 g/mol. The number of nitrogens with one attached hydrogen (secondary N) is 2. The van der Waals surface area contributed by atoms with Crippen LogP contribution in [0.25, 0.3) is 0 Å². The molecule has 3 heteroatoms. The summed E-state index contributed by atoms with van der Waals surface area (Å²) in [4.78, 5) is 0. The first-order valence-corrected chi connectivity index (χ1v) is 6.41. The van der Waals surface area contributed by atoms with Crippen LogP contribution in [0, 0.1) is 0 Å². The van der Waals surface area contributed by atoms with Crippen molar-refractivity contribution in [1.29, 1.82) is 0 Å². The van der Waals surface area contributed by atoms with Gasteiger partial charge in [-0.2, -0.15) is 0 Å². The van der Waals surface area contributed by atoms with Gasteiger partial charge in [0, 0.05) is 24.2 Å². The van der Waals surface area contributed by atoms with Gasteiger partial charge in [-0.3, -0.25) is 0 Å². The first-order valence-electron chi connectivity index (χ1n) is 6.03. The van der Waals surface area contributed by atoms with Crippen molar-refractivity contribution in [2.24, 2.45) is 0 Å². The highest BCUT2D eigenvalue weighted by molar-refractivity contribution is 6.30. The van der Waals surface area contributed by atoms with Crippen molar-refractivity contribution in [2.45, 2.75) is 25.3 Å². The summed E-state index contributed by atoms with van der Waals surface area (Å²) < 4.78 is 0. The molecule has 0 bridgehead atoms. The maximum atomic E-state index is 5.83. The molecule has 0 radical (unpaired) electrons. The molecular formula is C13H19ClN2. The van der Waals surface area contributed by atoms with Gasteiger partial charge in [0.1, 0.15) is 0 Å². The Morgan fingerprint density at radius 3 is 2.50 bits per heavy atom. The second kappa shape index (κ2) is 6.24. The molecule has 1 aliphatic carbocycles. The molecule has 16 heavy (non-hydrogen) atoms. The largest absolute Gasteiger partial charge is 0.315 e. The van der Waals surface area contributed by atoms with Crippen LogP contribution in [-0.2, 0) is 6.42 Å². The Bertz CT molecular complexity index is 306. The predicted molar refractivity (Wildman–Crippen MR) is 69.1 cm³/mol. The normalized spacial score (nSPS) is 15.3. The zero-order chi connectivity index (χ0) is 11.2. The van der Waals surface area contributed by atoms with Crippen molar-refractivity contribution in [3.8, 4) is 0 Å². The third-order valence-corrected chi connectivity index (χ3v) is 3.07. The summed E-state index contributed by atoms with van der Waals surface area (Å²) in [6, 6.07) is 8.90. The minimum Gasteiger partial charge on any atom is -0.315 e. The highest BCUT2D eigenvalue weighted by Crippen LogP contribution is 2.17. The third-order valence-electron chi connectivity index (χ3n) is 2.82. The van der Waals surface area contributed by atoms with Gasteiger partial charge in [0.15, 0.2) is 0 Å². The Morgan fingerprint density at radius 2 is 1.81 bits per heavy atom. The summed E-state index contributed by atoms with van der Waals surface area (Å²) >= 11 is 5.83. The molecule has 0 spiro atoms. The van der Waals surface area contributed by atoms with Crippen molar-refractivity contribution in [3.63, 3.8) is 0 Å². The molecule has 2 rings (SSSR count). The van der Waals surface area contributed by atoms with Crippen LogP contribution >= 0.6 is 11.6 Å². The molecule has 1 saturated carbocycles. The monoisotopic (exact) mass is 238 g/mol. The fraction of sp³-hybridized carbons (Fsp3) is 0.538. The van der Waals surface area contributed by atoms with Crippen LogP contribution < -0.4 is 10.6 Å². The van der Waals surface area contributed by atoms with E-state index in [2.05, 4.69) is 22.8 Å². The summed E-state index contributed by atoms with van der Waals surface area (Å²) in [6.45, 7) is 3.18. The van der Waals surface area contributed by atoms with Crippen LogP contribution in [0.5, 0.6) is 0 Å². The van der Waals surface area contributed by atoms with Gasteiger partial charge in [-0.05, 0) is 43.5 Å². The standard InChI is InChI=1S/C13H19ClN2/c14-12-3-1-11(2-4-12)7-8-15-9-10-16-13-5-6-13/h1-4,13,15-16H,5-10H2. The van der Waals surface area contributed by atoms with E-state index in [1.165, 1.54) is 18.4 Å². The topological polar surface area (TPSA) is 24.1 Å². The lowest BCUT2D eigenvalue weighted by atomic mass is 10.1. The average molecular weight is 239 g/mol. The lowest BCUT2D eigenvalue weighted by Gasteiger charge is -2.05. The molecule has 0 aliphatic heterocycles. The molecule has 0 unspecified atom stereocenters. The van der Waals surface area contributed by atoms with Crippen molar-refractivity contribution in [3.05, 3.63) is 34.9 Å². The molecule has 0 aromatic heterocycles. The number of hydrogen-bond acceptors (Lipinski definition) is 2. The van der Waals surface area contributed by atoms with Crippen molar-refractivity contribution >= 4 is 11.6 Å². The predicted octanol–water partition coefficient (Wildman–Crippen LogP) is 2.22. The van der Waals surface area contributed by atoms with Gasteiger partial charge in [0.2, 0.25) is 0 Å². The second-order valence-corrected chi connectivity index (χ2v) is 4.79. The molecule has 0 amide bonds. The van der Waals surface area contributed by atoms with Crippen LogP contribution in [0.2, 0.25) is 5.02 Å². The van der Waals surface area contributed by atoms with E-state index in [1.54, 1.807) is 0 Å². The van der Waals surface area contributed by atoms with Gasteiger partial charge in [0.05, 0.1) is 0 Å². The van der Waals surface area contributed by atoms with Gasteiger partial charge in [-0.1, -0.05) is 23.7 Å². The number of rotatable bonds is 7. The van der Waals surface area contributed by atoms with E-state index in [0.717, 1.165) is 37.1 Å². The van der Waals surface area contributed by atoms with Gasteiger partial charge in [-0.25, -0.2) is 0 Å². The molecule has 0 atom stereocenters. The first-order chi connectivity index (χ1) is 7.84. The quantitative estimate of drug-likeness (QED) is 0.712. The zero-order valence-corrected chi connectivity index (χ0v) is 10.3. The smallest absolute Gasteiger partial charge is 0.0406 e. The summed E-state index contributed by atoms with van der Waals surface area (Å²) in [6.07, 6.45) is 3.80. The Kier molecular flexibility index (Phi) is 4.64. The van der Waals surface area contributed by atoms with Crippen molar-refractivity contribution < 1.29 is 0 Å². The number of benzene rings is 1. The number of halogens is 1. The SMILES string of the molecule is Clc1ccc(CCNCCNC2CC2)cc1. The maximum absolute atomic E-state index is 5.83. The van der Waals surface area contributed by atoms with E-state index in [4.69, 9.17) is 11.6 Å². The van der Waals surface area contributed by atoms with Gasteiger partial charge in [-0.15, -0.1) is 0 Å². The molecule has 1 aliphatic rings. The average Bonchev–Trinajstić information content (AvgIpc) is 3.10. The molecule has 1 aromatic rings. The Balaban J connectivity index is 1.51. The van der Waals surface area contributed by atoms with E-state index in [0.29, 0.717) is 0 Å². The van der Waals surface area contributed by atoms with Crippen LogP contribution in [0.15, 0.2) is 24.3 Å². The summed E-state index contributed by atoms with van der Waals surface area (Å²) in [5, 5.41) is 7.73. The Morgan fingerprint density at radius 1 is 1.06 bits per heavy atom. The van der Waals surface area contributed by atoms with Gasteiger partial charge < -0.3 is 10.6 Å². The highest BCUT2D eigenvalue weighted by Gasteiger charge is 2.19. The van der Waals surface area contributed by atoms with Gasteiger partial charge >= 0.3 is 0 Å². The molecule has 1 fully saturated rings. The van der Waals surface area contributed by atoms with Crippen LogP contribution in [0.1, 0.15) is 18.4 Å². The van der Waals surface area contributed by atoms with Crippen LogP contribution in [0.3, 0.4) is 0 Å². The molecule has 88 valence electrons. The van der Waals surface area contributed by atoms with E-state index in [9.17, 15) is 0 Å². The Labute approximate surface area is 102 Å². The third kappa shape index (κ3) is 4.52. The minimum absolute atomic E-state index is 0.811. The van der Waals surface area contributed by atoms with Crippen molar-refractivity contribution in [2.75, 3.05) is 19.6 Å². The van der Waals surface area contributed by atoms with Crippen LogP contribution in [0.4, 0.5) is 0 Å². The van der Waals surface area contributed by atoms with Crippen LogP contribution in [-0.4, -0.2) is 25.7 Å². The summed E-state index contributed by atoms with van der Waals surface area (Å²) in [5.74, 6) is 0. The maximum Gasteiger partial charge on any atom is 0.0406 e. The first kappa shape index (κ1) is 11.9. The zero-order valence-electron chi connectivity index (χ0n) is 9.51. The van der Waals surface area contributed by atoms with E-state index >= 15 is 0 Å². The fourth-order valence-electron chi connectivity index (χ4n) is 1.66. The molecule has 2 N–H and O–H groups in total. The second-order valence-electron chi connectivity index (χ2n) is 4.35. The van der Waals surface area contributed by atoms with E-state index in [-0.39, 0.29) is 0 Å². The molecule has 0 saturated heterocycles.